The average molecular weight is 282 g/mol. The van der Waals surface area contributed by atoms with Crippen molar-refractivity contribution in [3.63, 3.8) is 0 Å². The summed E-state index contributed by atoms with van der Waals surface area (Å²) in [5.74, 6) is 1.10. The maximum atomic E-state index is 9.00. The molecule has 92 valence electrons. The predicted molar refractivity (Wildman–Crippen MR) is 68.7 cm³/mol. The van der Waals surface area contributed by atoms with Crippen LogP contribution in [0.2, 0.25) is 10.2 Å². The Morgan fingerprint density at radius 3 is 2.83 bits per heavy atom. The van der Waals surface area contributed by atoms with Crippen molar-refractivity contribution in [1.29, 1.82) is 5.26 Å². The fourth-order valence-electron chi connectivity index (χ4n) is 1.43. The van der Waals surface area contributed by atoms with Crippen molar-refractivity contribution in [2.24, 2.45) is 7.05 Å². The maximum Gasteiger partial charge on any atom is 0.147 e. The molecule has 0 fully saturated rings. The molecule has 0 saturated heterocycles. The lowest BCUT2D eigenvalue weighted by Gasteiger charge is -2.08. The van der Waals surface area contributed by atoms with E-state index in [2.05, 4.69) is 4.98 Å². The number of ether oxygens (including phenoxy) is 1. The first-order valence-corrected chi connectivity index (χ1v) is 5.86. The summed E-state index contributed by atoms with van der Waals surface area (Å²) in [5.41, 5.74) is 0.319. The van der Waals surface area contributed by atoms with Crippen LogP contribution >= 0.6 is 23.2 Å². The first-order valence-electron chi connectivity index (χ1n) is 5.11. The van der Waals surface area contributed by atoms with Crippen LogP contribution in [0.4, 0.5) is 0 Å². The van der Waals surface area contributed by atoms with Gasteiger partial charge in [0.15, 0.2) is 0 Å². The third-order valence-corrected chi connectivity index (χ3v) is 3.14. The summed E-state index contributed by atoms with van der Waals surface area (Å²) in [5, 5.41) is 9.90. The van der Waals surface area contributed by atoms with Crippen LogP contribution in [0.25, 0.3) is 0 Å². The highest BCUT2D eigenvalue weighted by atomic mass is 35.5. The van der Waals surface area contributed by atoms with E-state index < -0.39 is 0 Å². The Labute approximate surface area is 114 Å². The molecule has 0 N–H and O–H groups in total. The second-order valence-electron chi connectivity index (χ2n) is 3.57. The number of benzene rings is 1. The minimum Gasteiger partial charge on any atom is -0.484 e. The third-order valence-electron chi connectivity index (χ3n) is 2.47. The molecule has 2 aromatic rings. The number of halogens is 2. The van der Waals surface area contributed by atoms with Gasteiger partial charge in [0.1, 0.15) is 35.0 Å². The molecule has 2 rings (SSSR count). The summed E-state index contributed by atoms with van der Waals surface area (Å²) in [4.78, 5) is 4.10. The Morgan fingerprint density at radius 2 is 2.22 bits per heavy atom. The molecule has 0 bridgehead atoms. The number of hydrogen-bond acceptors (Lipinski definition) is 3. The van der Waals surface area contributed by atoms with E-state index in [1.807, 2.05) is 6.07 Å². The van der Waals surface area contributed by atoms with Gasteiger partial charge in [0.2, 0.25) is 0 Å². The van der Waals surface area contributed by atoms with Crippen LogP contribution in [0.5, 0.6) is 5.75 Å². The van der Waals surface area contributed by atoms with Gasteiger partial charge in [-0.1, -0.05) is 29.3 Å². The van der Waals surface area contributed by atoms with Gasteiger partial charge in [-0.15, -0.1) is 0 Å². The molecule has 0 saturated carbocycles. The SMILES string of the molecule is Cn1c(Cl)cnc1COc1cccc(Cl)c1C#N. The number of nitrogens with zero attached hydrogens (tertiary/aromatic N) is 3. The van der Waals surface area contributed by atoms with E-state index in [-0.39, 0.29) is 6.61 Å². The molecule has 0 aliphatic rings. The molecule has 1 aromatic carbocycles. The molecule has 0 amide bonds. The van der Waals surface area contributed by atoms with Crippen molar-refractivity contribution >= 4 is 23.2 Å². The number of aromatic nitrogens is 2. The van der Waals surface area contributed by atoms with Gasteiger partial charge in [0, 0.05) is 7.05 Å². The van der Waals surface area contributed by atoms with Gasteiger partial charge in [-0.05, 0) is 12.1 Å². The van der Waals surface area contributed by atoms with E-state index in [0.717, 1.165) is 0 Å². The van der Waals surface area contributed by atoms with Crippen LogP contribution in [0.3, 0.4) is 0 Å². The number of nitriles is 1. The lowest BCUT2D eigenvalue weighted by atomic mass is 10.2. The van der Waals surface area contributed by atoms with E-state index in [9.17, 15) is 0 Å². The van der Waals surface area contributed by atoms with E-state index in [1.54, 1.807) is 36.0 Å². The van der Waals surface area contributed by atoms with Gasteiger partial charge in [-0.25, -0.2) is 4.98 Å². The zero-order chi connectivity index (χ0) is 13.1. The highest BCUT2D eigenvalue weighted by molar-refractivity contribution is 6.32. The molecule has 1 heterocycles. The number of hydrogen-bond donors (Lipinski definition) is 0. The van der Waals surface area contributed by atoms with Crippen LogP contribution in [0, 0.1) is 11.3 Å². The fraction of sp³-hybridized carbons (Fsp3) is 0.167. The van der Waals surface area contributed by atoms with Crippen LogP contribution in [-0.2, 0) is 13.7 Å². The van der Waals surface area contributed by atoms with Crippen molar-refractivity contribution in [2.75, 3.05) is 0 Å². The van der Waals surface area contributed by atoms with Crippen LogP contribution in [0.1, 0.15) is 11.4 Å². The highest BCUT2D eigenvalue weighted by Crippen LogP contribution is 2.26. The number of imidazole rings is 1. The van der Waals surface area contributed by atoms with Crippen molar-refractivity contribution in [2.45, 2.75) is 6.61 Å². The first kappa shape index (κ1) is 12.7. The molecule has 6 heteroatoms. The van der Waals surface area contributed by atoms with E-state index in [1.165, 1.54) is 0 Å². The van der Waals surface area contributed by atoms with E-state index >= 15 is 0 Å². The Kier molecular flexibility index (Phi) is 3.75. The predicted octanol–water partition coefficient (Wildman–Crippen LogP) is 3.18. The molecule has 0 spiro atoms. The zero-order valence-corrected chi connectivity index (χ0v) is 11.0. The minimum absolute atomic E-state index is 0.220. The monoisotopic (exact) mass is 281 g/mol. The normalized spacial score (nSPS) is 10.1. The molecule has 18 heavy (non-hydrogen) atoms. The quantitative estimate of drug-likeness (QED) is 0.868. The second-order valence-corrected chi connectivity index (χ2v) is 4.36. The summed E-state index contributed by atoms with van der Waals surface area (Å²) in [6.45, 7) is 0.220. The summed E-state index contributed by atoms with van der Waals surface area (Å²) < 4.78 is 7.25. The van der Waals surface area contributed by atoms with Gasteiger partial charge in [-0.3, -0.25) is 0 Å². The molecule has 4 nitrogen and oxygen atoms in total. The van der Waals surface area contributed by atoms with Crippen LogP contribution < -0.4 is 4.74 Å². The smallest absolute Gasteiger partial charge is 0.147 e. The van der Waals surface area contributed by atoms with Crippen LogP contribution in [0.15, 0.2) is 24.4 Å². The topological polar surface area (TPSA) is 50.8 Å². The molecular formula is C12H9Cl2N3O. The van der Waals surface area contributed by atoms with Gasteiger partial charge in [0.05, 0.1) is 11.2 Å². The lowest BCUT2D eigenvalue weighted by molar-refractivity contribution is 0.291. The van der Waals surface area contributed by atoms with Gasteiger partial charge >= 0.3 is 0 Å². The van der Waals surface area contributed by atoms with Gasteiger partial charge in [0.25, 0.3) is 0 Å². The highest BCUT2D eigenvalue weighted by Gasteiger charge is 2.10. The van der Waals surface area contributed by atoms with Gasteiger partial charge < -0.3 is 9.30 Å². The Morgan fingerprint density at radius 1 is 1.44 bits per heavy atom. The largest absolute Gasteiger partial charge is 0.484 e. The first-order chi connectivity index (χ1) is 8.63. The van der Waals surface area contributed by atoms with Crippen LogP contribution in [-0.4, -0.2) is 9.55 Å². The molecule has 0 aliphatic carbocycles. The molecule has 0 aliphatic heterocycles. The zero-order valence-electron chi connectivity index (χ0n) is 9.52. The molecular weight excluding hydrogens is 273 g/mol. The molecule has 1 aromatic heterocycles. The summed E-state index contributed by atoms with van der Waals surface area (Å²) in [6.07, 6.45) is 1.55. The Hall–Kier alpha value is -1.70. The van der Waals surface area contributed by atoms with Crippen molar-refractivity contribution in [3.05, 3.63) is 46.0 Å². The summed E-state index contributed by atoms with van der Waals surface area (Å²) >= 11 is 11.8. The molecule has 0 radical (unpaired) electrons. The molecule has 0 atom stereocenters. The summed E-state index contributed by atoms with van der Waals surface area (Å²) in [6, 6.07) is 7.07. The van der Waals surface area contributed by atoms with Crippen molar-refractivity contribution in [1.82, 2.24) is 9.55 Å². The van der Waals surface area contributed by atoms with E-state index in [0.29, 0.717) is 27.3 Å². The van der Waals surface area contributed by atoms with Gasteiger partial charge in [-0.2, -0.15) is 5.26 Å². The third kappa shape index (κ3) is 2.42. The molecule has 0 unspecified atom stereocenters. The average Bonchev–Trinajstić information content (AvgIpc) is 2.68. The summed E-state index contributed by atoms with van der Waals surface area (Å²) in [7, 11) is 1.79. The number of rotatable bonds is 3. The van der Waals surface area contributed by atoms with E-state index in [4.69, 9.17) is 33.2 Å². The van der Waals surface area contributed by atoms with Crippen molar-refractivity contribution in [3.8, 4) is 11.8 Å². The fourth-order valence-corrected chi connectivity index (χ4v) is 1.79. The second kappa shape index (κ2) is 5.30. The lowest BCUT2D eigenvalue weighted by Crippen LogP contribution is -2.04. The Balaban J connectivity index is 2.19. The maximum absolute atomic E-state index is 9.00. The standard InChI is InChI=1S/C12H9Cl2N3O/c1-17-11(14)6-16-12(17)7-18-10-4-2-3-9(13)8(10)5-15/h2-4,6H,7H2,1H3. The Bertz CT molecular complexity index is 616. The minimum atomic E-state index is 0.220. The van der Waals surface area contributed by atoms with Crippen molar-refractivity contribution < 1.29 is 4.74 Å².